The Labute approximate surface area is 148 Å². The summed E-state index contributed by atoms with van der Waals surface area (Å²) < 4.78 is 5.11. The molecule has 1 saturated carbocycles. The number of hydrogen-bond donors (Lipinski definition) is 2. The number of aromatic nitrogens is 1. The first-order valence-electron chi connectivity index (χ1n) is 8.54. The van der Waals surface area contributed by atoms with E-state index in [0.717, 1.165) is 16.7 Å². The van der Waals surface area contributed by atoms with E-state index < -0.39 is 0 Å². The summed E-state index contributed by atoms with van der Waals surface area (Å²) in [6.45, 7) is 3.91. The maximum absolute atomic E-state index is 12.8. The van der Waals surface area contributed by atoms with Gasteiger partial charge in [0.25, 0.3) is 5.91 Å². The van der Waals surface area contributed by atoms with Crippen LogP contribution in [0.25, 0.3) is 0 Å². The Morgan fingerprint density at radius 1 is 1.28 bits per heavy atom. The van der Waals surface area contributed by atoms with Gasteiger partial charge in [0.2, 0.25) is 5.88 Å². The maximum Gasteiger partial charge on any atom is 0.252 e. The molecule has 5 nitrogen and oxygen atoms in total. The summed E-state index contributed by atoms with van der Waals surface area (Å²) in [5.74, 6) is 0.652. The minimum atomic E-state index is -0.281. The summed E-state index contributed by atoms with van der Waals surface area (Å²) in [6, 6.07) is 9.41. The second kappa shape index (κ2) is 7.23. The molecule has 0 saturated heterocycles. The smallest absolute Gasteiger partial charge is 0.252 e. The molecule has 0 unspecified atom stereocenters. The van der Waals surface area contributed by atoms with E-state index in [4.69, 9.17) is 4.74 Å². The van der Waals surface area contributed by atoms with Gasteiger partial charge in [-0.3, -0.25) is 4.79 Å². The Kier molecular flexibility index (Phi) is 5.04. The van der Waals surface area contributed by atoms with Crippen molar-refractivity contribution >= 4 is 5.91 Å². The van der Waals surface area contributed by atoms with E-state index in [9.17, 15) is 9.90 Å². The van der Waals surface area contributed by atoms with Gasteiger partial charge in [-0.25, -0.2) is 4.98 Å². The van der Waals surface area contributed by atoms with E-state index in [-0.39, 0.29) is 24.0 Å². The molecule has 1 amide bonds. The van der Waals surface area contributed by atoms with Crippen molar-refractivity contribution in [3.63, 3.8) is 0 Å². The van der Waals surface area contributed by atoms with Crippen LogP contribution in [0, 0.1) is 19.8 Å². The standard InChI is InChI=1S/C20H24N2O3/c1-12-4-5-13(2)17(8-12)20(24)22-19(15-9-16(23)10-15)14-6-7-18(25-3)21-11-14/h4-8,11,15-16,19,23H,9-10H2,1-3H3,(H,22,24)/t15?,16?,19-/m1/s1. The fourth-order valence-electron chi connectivity index (χ4n) is 3.27. The van der Waals surface area contributed by atoms with Crippen LogP contribution in [0.1, 0.15) is 45.9 Å². The number of aryl methyl sites for hydroxylation is 2. The van der Waals surface area contributed by atoms with Crippen LogP contribution >= 0.6 is 0 Å². The number of nitrogens with zero attached hydrogens (tertiary/aromatic N) is 1. The zero-order valence-corrected chi connectivity index (χ0v) is 14.8. The average molecular weight is 340 g/mol. The molecule has 0 aliphatic heterocycles. The Morgan fingerprint density at radius 3 is 2.64 bits per heavy atom. The van der Waals surface area contributed by atoms with E-state index in [0.29, 0.717) is 24.3 Å². The van der Waals surface area contributed by atoms with Gasteiger partial charge in [-0.2, -0.15) is 0 Å². The molecular formula is C20H24N2O3. The number of methoxy groups -OCH3 is 1. The van der Waals surface area contributed by atoms with Gasteiger partial charge < -0.3 is 15.2 Å². The number of ether oxygens (including phenoxy) is 1. The van der Waals surface area contributed by atoms with Crippen LogP contribution in [-0.4, -0.2) is 29.2 Å². The van der Waals surface area contributed by atoms with Crippen LogP contribution in [0.2, 0.25) is 0 Å². The topological polar surface area (TPSA) is 71.5 Å². The lowest BCUT2D eigenvalue weighted by Gasteiger charge is -2.38. The Balaban J connectivity index is 1.84. The van der Waals surface area contributed by atoms with Gasteiger partial charge >= 0.3 is 0 Å². The number of nitrogens with one attached hydrogen (secondary N) is 1. The molecule has 0 spiro atoms. The molecular weight excluding hydrogens is 316 g/mol. The highest BCUT2D eigenvalue weighted by Gasteiger charge is 2.36. The number of benzene rings is 1. The minimum absolute atomic E-state index is 0.0941. The summed E-state index contributed by atoms with van der Waals surface area (Å²) in [5, 5.41) is 12.8. The third-order valence-corrected chi connectivity index (χ3v) is 4.87. The molecule has 1 atom stereocenters. The quantitative estimate of drug-likeness (QED) is 0.878. The van der Waals surface area contributed by atoms with Crippen molar-refractivity contribution in [2.45, 2.75) is 38.8 Å². The van der Waals surface area contributed by atoms with E-state index in [1.165, 1.54) is 0 Å². The van der Waals surface area contributed by atoms with E-state index >= 15 is 0 Å². The maximum atomic E-state index is 12.8. The molecule has 1 aliphatic carbocycles. The molecule has 0 bridgehead atoms. The zero-order valence-electron chi connectivity index (χ0n) is 14.8. The number of carbonyl (C=O) groups is 1. The van der Waals surface area contributed by atoms with Crippen LogP contribution in [0.15, 0.2) is 36.5 Å². The van der Waals surface area contributed by atoms with Crippen molar-refractivity contribution in [3.8, 4) is 5.88 Å². The number of amides is 1. The van der Waals surface area contributed by atoms with Crippen LogP contribution in [-0.2, 0) is 0 Å². The molecule has 2 N–H and O–H groups in total. The number of aliphatic hydroxyl groups excluding tert-OH is 1. The summed E-state index contributed by atoms with van der Waals surface area (Å²) in [6.07, 6.45) is 2.82. The zero-order chi connectivity index (χ0) is 18.0. The summed E-state index contributed by atoms with van der Waals surface area (Å²) in [4.78, 5) is 17.1. The van der Waals surface area contributed by atoms with Crippen molar-refractivity contribution in [3.05, 3.63) is 58.8 Å². The highest BCUT2D eigenvalue weighted by atomic mass is 16.5. The first-order chi connectivity index (χ1) is 12.0. The molecule has 132 valence electrons. The Morgan fingerprint density at radius 2 is 2.04 bits per heavy atom. The van der Waals surface area contributed by atoms with E-state index in [1.807, 2.05) is 38.1 Å². The van der Waals surface area contributed by atoms with Crippen molar-refractivity contribution < 1.29 is 14.6 Å². The van der Waals surface area contributed by atoms with Gasteiger partial charge in [-0.05, 0) is 49.8 Å². The average Bonchev–Trinajstić information content (AvgIpc) is 2.59. The van der Waals surface area contributed by atoms with Gasteiger partial charge in [0.1, 0.15) is 0 Å². The molecule has 1 aliphatic rings. The fourth-order valence-corrected chi connectivity index (χ4v) is 3.27. The van der Waals surface area contributed by atoms with Gasteiger partial charge in [-0.1, -0.05) is 23.8 Å². The molecule has 2 aromatic rings. The first-order valence-corrected chi connectivity index (χ1v) is 8.54. The lowest BCUT2D eigenvalue weighted by atomic mass is 9.75. The number of hydrogen-bond acceptors (Lipinski definition) is 4. The number of pyridine rings is 1. The summed E-state index contributed by atoms with van der Waals surface area (Å²) >= 11 is 0. The third kappa shape index (κ3) is 3.82. The highest BCUT2D eigenvalue weighted by Crippen LogP contribution is 2.38. The highest BCUT2D eigenvalue weighted by molar-refractivity contribution is 5.96. The molecule has 1 fully saturated rings. The molecule has 1 aromatic heterocycles. The lowest BCUT2D eigenvalue weighted by molar-refractivity contribution is 0.0234. The molecule has 1 heterocycles. The Bertz CT molecular complexity index is 752. The fraction of sp³-hybridized carbons (Fsp3) is 0.400. The van der Waals surface area contributed by atoms with E-state index in [1.54, 1.807) is 19.4 Å². The minimum Gasteiger partial charge on any atom is -0.481 e. The number of carbonyl (C=O) groups excluding carboxylic acids is 1. The largest absolute Gasteiger partial charge is 0.481 e. The third-order valence-electron chi connectivity index (χ3n) is 4.87. The normalized spacial score (nSPS) is 20.5. The second-order valence-corrected chi connectivity index (χ2v) is 6.79. The van der Waals surface area contributed by atoms with Crippen LogP contribution in [0.5, 0.6) is 5.88 Å². The van der Waals surface area contributed by atoms with Crippen LogP contribution in [0.3, 0.4) is 0 Å². The molecule has 3 rings (SSSR count). The van der Waals surface area contributed by atoms with Gasteiger partial charge in [0.05, 0.1) is 19.3 Å². The lowest BCUT2D eigenvalue weighted by Crippen LogP contribution is -2.41. The van der Waals surface area contributed by atoms with Crippen molar-refractivity contribution in [1.29, 1.82) is 0 Å². The summed E-state index contributed by atoms with van der Waals surface area (Å²) in [5.41, 5.74) is 3.61. The molecule has 0 radical (unpaired) electrons. The van der Waals surface area contributed by atoms with Crippen LogP contribution in [0.4, 0.5) is 0 Å². The first kappa shape index (κ1) is 17.4. The summed E-state index contributed by atoms with van der Waals surface area (Å²) in [7, 11) is 1.57. The Hall–Kier alpha value is -2.40. The monoisotopic (exact) mass is 340 g/mol. The van der Waals surface area contributed by atoms with Gasteiger partial charge in [-0.15, -0.1) is 0 Å². The number of rotatable bonds is 5. The van der Waals surface area contributed by atoms with Gasteiger partial charge in [0.15, 0.2) is 0 Å². The van der Waals surface area contributed by atoms with Crippen molar-refractivity contribution in [1.82, 2.24) is 10.3 Å². The molecule has 25 heavy (non-hydrogen) atoms. The predicted molar refractivity (Wildman–Crippen MR) is 95.6 cm³/mol. The van der Waals surface area contributed by atoms with E-state index in [2.05, 4.69) is 10.3 Å². The number of aliphatic hydroxyl groups is 1. The second-order valence-electron chi connectivity index (χ2n) is 6.79. The van der Waals surface area contributed by atoms with Gasteiger partial charge in [0, 0.05) is 17.8 Å². The SMILES string of the molecule is COc1ccc([C@@H](NC(=O)c2cc(C)ccc2C)C2CC(O)C2)cn1. The van der Waals surface area contributed by atoms with Crippen molar-refractivity contribution in [2.24, 2.45) is 5.92 Å². The van der Waals surface area contributed by atoms with Crippen LogP contribution < -0.4 is 10.1 Å². The van der Waals surface area contributed by atoms with Crippen molar-refractivity contribution in [2.75, 3.05) is 7.11 Å². The molecule has 1 aromatic carbocycles. The molecule has 5 heteroatoms. The predicted octanol–water partition coefficient (Wildman–Crippen LogP) is 2.95.